The molecular weight excluding hydrogens is 254 g/mol. The number of carbonyl (C=O) groups excluding carboxylic acids is 1. The zero-order chi connectivity index (χ0) is 7.70. The standard InChI is InChI=1S/C3H4Br2O.N3/c4-1-3(6)2-5;1-3-2/h1-2H2;/q;-1. The van der Waals surface area contributed by atoms with Crippen molar-refractivity contribution in [2.75, 3.05) is 10.7 Å². The van der Waals surface area contributed by atoms with Gasteiger partial charge < -0.3 is 11.1 Å². The Morgan fingerprint density at radius 1 is 1.33 bits per heavy atom. The molecule has 0 saturated heterocycles. The number of halogens is 2. The van der Waals surface area contributed by atoms with Crippen molar-refractivity contribution < 1.29 is 4.79 Å². The summed E-state index contributed by atoms with van der Waals surface area (Å²) >= 11 is 5.99. The van der Waals surface area contributed by atoms with Crippen LogP contribution in [0.1, 0.15) is 0 Å². The molecule has 0 rings (SSSR count). The second kappa shape index (κ2) is 10.8. The first-order valence-corrected chi connectivity index (χ1v) is 4.09. The van der Waals surface area contributed by atoms with Gasteiger partial charge in [-0.2, -0.15) is 0 Å². The van der Waals surface area contributed by atoms with Crippen LogP contribution in [0.25, 0.3) is 16.0 Å². The van der Waals surface area contributed by atoms with Crippen molar-refractivity contribution >= 4 is 37.6 Å². The average Bonchev–Trinajstić information content (AvgIpc) is 1.88. The summed E-state index contributed by atoms with van der Waals surface area (Å²) in [7, 11) is 0. The van der Waals surface area contributed by atoms with Crippen LogP contribution >= 0.6 is 31.9 Å². The fraction of sp³-hybridized carbons (Fsp3) is 0.667. The normalized spacial score (nSPS) is 6.44. The minimum absolute atomic E-state index is 0.176. The molecule has 0 aromatic carbocycles. The van der Waals surface area contributed by atoms with Gasteiger partial charge in [0.2, 0.25) is 0 Å². The fourth-order valence-corrected chi connectivity index (χ4v) is 0.964. The first-order valence-electron chi connectivity index (χ1n) is 1.85. The smallest absolute Gasteiger partial charge is 0.153 e. The van der Waals surface area contributed by atoms with Crippen LogP contribution in [0.3, 0.4) is 0 Å². The topological polar surface area (TPSA) is 75.8 Å². The van der Waals surface area contributed by atoms with E-state index in [1.807, 2.05) is 0 Å². The van der Waals surface area contributed by atoms with Gasteiger partial charge >= 0.3 is 0 Å². The van der Waals surface area contributed by atoms with Crippen molar-refractivity contribution in [1.82, 2.24) is 0 Å². The number of rotatable bonds is 2. The number of Topliss-reactive ketones (excluding diaryl/α,β-unsaturated/α-hetero) is 1. The molecule has 0 aliphatic rings. The fourth-order valence-electron chi connectivity index (χ4n) is 0.0357. The Labute approximate surface area is 69.3 Å². The van der Waals surface area contributed by atoms with E-state index in [1.54, 1.807) is 0 Å². The van der Waals surface area contributed by atoms with E-state index in [2.05, 4.69) is 31.9 Å². The Bertz CT molecular complexity index is 104. The zero-order valence-electron chi connectivity index (χ0n) is 4.42. The Balaban J connectivity index is 0. The molecule has 9 heavy (non-hydrogen) atoms. The van der Waals surface area contributed by atoms with Crippen LogP contribution in [-0.4, -0.2) is 16.4 Å². The van der Waals surface area contributed by atoms with Crippen LogP contribution in [0.4, 0.5) is 0 Å². The van der Waals surface area contributed by atoms with E-state index in [-0.39, 0.29) is 5.78 Å². The number of alkyl halides is 2. The third-order valence-corrected chi connectivity index (χ3v) is 1.55. The van der Waals surface area contributed by atoms with Gasteiger partial charge in [0.05, 0.1) is 10.7 Å². The van der Waals surface area contributed by atoms with Gasteiger partial charge in [0.1, 0.15) is 0 Å². The highest BCUT2D eigenvalue weighted by Gasteiger charge is 1.89. The molecule has 4 nitrogen and oxygen atoms in total. The van der Waals surface area contributed by atoms with Gasteiger partial charge in [-0.1, -0.05) is 31.9 Å². The van der Waals surface area contributed by atoms with E-state index < -0.39 is 0 Å². The van der Waals surface area contributed by atoms with Gasteiger partial charge in [-0.15, -0.1) is 0 Å². The van der Waals surface area contributed by atoms with E-state index >= 15 is 0 Å². The Hall–Kier alpha value is -0.0600. The van der Waals surface area contributed by atoms with Crippen molar-refractivity contribution in [2.24, 2.45) is 0 Å². The molecule has 0 aromatic heterocycles. The Morgan fingerprint density at radius 2 is 1.56 bits per heavy atom. The molecule has 0 amide bonds. The highest BCUT2D eigenvalue weighted by Crippen LogP contribution is 1.86. The third-order valence-electron chi connectivity index (χ3n) is 0.298. The summed E-state index contributed by atoms with van der Waals surface area (Å²) in [4.78, 5) is 11.6. The van der Waals surface area contributed by atoms with Crippen LogP contribution in [0.5, 0.6) is 0 Å². The molecular formula is C3H4Br2N3O-. The Morgan fingerprint density at radius 3 is 1.56 bits per heavy atom. The van der Waals surface area contributed by atoms with Crippen LogP contribution in [0.15, 0.2) is 0 Å². The molecule has 0 bridgehead atoms. The van der Waals surface area contributed by atoms with Crippen molar-refractivity contribution in [2.45, 2.75) is 0 Å². The van der Waals surface area contributed by atoms with Gasteiger partial charge in [-0.25, -0.2) is 0 Å². The Kier molecular flexibility index (Phi) is 14.1. The number of hydrogen-bond donors (Lipinski definition) is 0. The van der Waals surface area contributed by atoms with Crippen molar-refractivity contribution in [3.63, 3.8) is 0 Å². The van der Waals surface area contributed by atoms with E-state index in [0.717, 1.165) is 0 Å². The maximum absolute atomic E-state index is 10.1. The lowest BCUT2D eigenvalue weighted by atomic mass is 10.5. The summed E-state index contributed by atoms with van der Waals surface area (Å²) in [5, 5.41) is 0.913. The summed E-state index contributed by atoms with van der Waals surface area (Å²) < 4.78 is 0. The second-order valence-electron chi connectivity index (χ2n) is 0.895. The summed E-state index contributed by atoms with van der Waals surface area (Å²) in [6, 6.07) is 0. The maximum atomic E-state index is 10.1. The van der Waals surface area contributed by atoms with Crippen LogP contribution in [-0.2, 0) is 4.79 Å². The third kappa shape index (κ3) is 18.0. The molecule has 0 aromatic rings. The molecule has 0 spiro atoms. The van der Waals surface area contributed by atoms with Crippen molar-refractivity contribution in [3.8, 4) is 0 Å². The summed E-state index contributed by atoms with van der Waals surface area (Å²) in [6.07, 6.45) is 0. The van der Waals surface area contributed by atoms with Gasteiger partial charge in [0, 0.05) is 0 Å². The molecule has 0 heterocycles. The van der Waals surface area contributed by atoms with Crippen molar-refractivity contribution in [1.29, 1.82) is 0 Å². The quantitative estimate of drug-likeness (QED) is 0.323. The molecule has 0 radical (unpaired) electrons. The first-order chi connectivity index (χ1) is 4.22. The molecule has 0 fully saturated rings. The highest BCUT2D eigenvalue weighted by atomic mass is 79.9. The maximum Gasteiger partial charge on any atom is 0.153 e. The van der Waals surface area contributed by atoms with Gasteiger partial charge in [0.25, 0.3) is 0 Å². The van der Waals surface area contributed by atoms with E-state index in [9.17, 15) is 4.79 Å². The number of nitrogens with zero attached hydrogens (tertiary/aromatic N) is 3. The first kappa shape index (κ1) is 11.7. The lowest BCUT2D eigenvalue weighted by Crippen LogP contribution is -1.97. The van der Waals surface area contributed by atoms with E-state index in [1.165, 1.54) is 4.91 Å². The SMILES string of the molecule is O=C(CBr)CBr.[N-]=[N+]=[N-]. The van der Waals surface area contributed by atoms with E-state index in [0.29, 0.717) is 10.7 Å². The molecule has 0 N–H and O–H groups in total. The second-order valence-corrected chi connectivity index (χ2v) is 2.02. The van der Waals surface area contributed by atoms with E-state index in [4.69, 9.17) is 11.1 Å². The largest absolute Gasteiger partial charge is 0.373 e. The molecule has 52 valence electrons. The molecule has 0 aliphatic heterocycles. The molecule has 0 unspecified atom stereocenters. The predicted molar refractivity (Wildman–Crippen MR) is 42.7 cm³/mol. The molecule has 0 atom stereocenters. The molecule has 0 saturated carbocycles. The van der Waals surface area contributed by atoms with Gasteiger partial charge in [-0.05, 0) is 0 Å². The number of ketones is 1. The summed E-state index contributed by atoms with van der Waals surface area (Å²) in [5.74, 6) is 0.176. The van der Waals surface area contributed by atoms with Crippen LogP contribution < -0.4 is 0 Å². The minimum atomic E-state index is 0.176. The lowest BCUT2D eigenvalue weighted by molar-refractivity contribution is -0.114. The summed E-state index contributed by atoms with van der Waals surface area (Å²) in [6.45, 7) is 0. The van der Waals surface area contributed by atoms with Crippen LogP contribution in [0.2, 0.25) is 0 Å². The van der Waals surface area contributed by atoms with Gasteiger partial charge in [0.15, 0.2) is 5.78 Å². The van der Waals surface area contributed by atoms with Crippen molar-refractivity contribution in [3.05, 3.63) is 16.0 Å². The lowest BCUT2D eigenvalue weighted by Gasteiger charge is -1.78. The predicted octanol–water partition coefficient (Wildman–Crippen LogP) is 2.21. The van der Waals surface area contributed by atoms with Gasteiger partial charge in [-0.3, -0.25) is 9.71 Å². The zero-order valence-corrected chi connectivity index (χ0v) is 7.59. The molecule has 0 aliphatic carbocycles. The highest BCUT2D eigenvalue weighted by molar-refractivity contribution is 9.10. The monoisotopic (exact) mass is 256 g/mol. The number of hydrogen-bond acceptors (Lipinski definition) is 1. The number of carbonyl (C=O) groups is 1. The minimum Gasteiger partial charge on any atom is -0.373 e. The summed E-state index contributed by atoms with van der Waals surface area (Å²) in [5.41, 5.74) is 13.5. The average molecular weight is 258 g/mol. The molecule has 6 heteroatoms. The van der Waals surface area contributed by atoms with Crippen LogP contribution in [0, 0.1) is 0 Å².